The molecule has 0 radical (unpaired) electrons. The molecule has 0 unspecified atom stereocenters. The fourth-order valence-electron chi connectivity index (χ4n) is 4.20. The van der Waals surface area contributed by atoms with E-state index in [2.05, 4.69) is 10.4 Å². The third-order valence-electron chi connectivity index (χ3n) is 5.71. The van der Waals surface area contributed by atoms with Crippen molar-refractivity contribution >= 4 is 28.2 Å². The maximum absolute atomic E-state index is 12.7. The molecule has 1 aromatic carbocycles. The van der Waals surface area contributed by atoms with Crippen LogP contribution in [0, 0.1) is 13.8 Å². The predicted molar refractivity (Wildman–Crippen MR) is 119 cm³/mol. The number of carbonyl (C=O) groups is 2. The molecule has 2 aromatic heterocycles. The highest BCUT2D eigenvalue weighted by atomic mass is 32.1. The molecule has 3 N–H and O–H groups in total. The summed E-state index contributed by atoms with van der Waals surface area (Å²) in [6.45, 7) is 4.00. The van der Waals surface area contributed by atoms with Crippen molar-refractivity contribution in [3.05, 3.63) is 63.3 Å². The molecule has 0 spiro atoms. The zero-order valence-electron chi connectivity index (χ0n) is 17.3. The van der Waals surface area contributed by atoms with E-state index in [4.69, 9.17) is 5.73 Å². The number of hydrogen-bond donors (Lipinski definition) is 2. The van der Waals surface area contributed by atoms with Gasteiger partial charge in [-0.05, 0) is 69.2 Å². The summed E-state index contributed by atoms with van der Waals surface area (Å²) in [5, 5.41) is 8.20. The molecule has 0 bridgehead atoms. The average molecular weight is 423 g/mol. The number of nitrogens with one attached hydrogen (secondary N) is 1. The Morgan fingerprint density at radius 2 is 1.90 bits per heavy atom. The second kappa shape index (κ2) is 8.44. The molecule has 3 aromatic rings. The second-order valence-corrected chi connectivity index (χ2v) is 8.83. The number of rotatable bonds is 6. The minimum absolute atomic E-state index is 0.109. The fraction of sp³-hybridized carbons (Fsp3) is 0.348. The van der Waals surface area contributed by atoms with Crippen LogP contribution in [0.15, 0.2) is 30.3 Å². The molecule has 156 valence electrons. The Morgan fingerprint density at radius 1 is 1.17 bits per heavy atom. The van der Waals surface area contributed by atoms with Gasteiger partial charge in [0, 0.05) is 17.0 Å². The first-order chi connectivity index (χ1) is 14.5. The van der Waals surface area contributed by atoms with Crippen LogP contribution in [0.2, 0.25) is 0 Å². The van der Waals surface area contributed by atoms with Gasteiger partial charge in [-0.15, -0.1) is 11.3 Å². The van der Waals surface area contributed by atoms with Crippen molar-refractivity contribution in [2.45, 2.75) is 52.4 Å². The van der Waals surface area contributed by atoms with Gasteiger partial charge in [0.2, 0.25) is 5.91 Å². The minimum atomic E-state index is -0.458. The number of aryl methyl sites for hydroxylation is 2. The van der Waals surface area contributed by atoms with Gasteiger partial charge < -0.3 is 11.1 Å². The van der Waals surface area contributed by atoms with E-state index in [0.29, 0.717) is 23.4 Å². The monoisotopic (exact) mass is 422 g/mol. The van der Waals surface area contributed by atoms with Crippen LogP contribution in [0.4, 0.5) is 5.00 Å². The smallest absolute Gasteiger partial charge is 0.251 e. The molecule has 0 atom stereocenters. The Hall–Kier alpha value is -2.93. The van der Waals surface area contributed by atoms with E-state index in [0.717, 1.165) is 53.9 Å². The van der Waals surface area contributed by atoms with Crippen molar-refractivity contribution < 1.29 is 9.59 Å². The first-order valence-corrected chi connectivity index (χ1v) is 11.1. The molecule has 4 rings (SSSR count). The molecule has 0 aliphatic heterocycles. The number of amides is 2. The van der Waals surface area contributed by atoms with Crippen molar-refractivity contribution in [1.29, 1.82) is 0 Å². The quantitative estimate of drug-likeness (QED) is 0.627. The third-order valence-corrected chi connectivity index (χ3v) is 6.92. The Kier molecular flexibility index (Phi) is 5.72. The molecule has 0 saturated carbocycles. The standard InChI is InChI=1S/C23H26N4O2S/c1-14-17(15(2)27(26-14)16-8-4-3-5-9-16)12-13-20(28)25-23-21(22(24)29)18-10-6-7-11-19(18)30-23/h3-5,8-9H,6-7,10-13H2,1-2H3,(H2,24,29)(H,25,28). The highest BCUT2D eigenvalue weighted by Gasteiger charge is 2.25. The molecule has 6 nitrogen and oxygen atoms in total. The molecule has 1 aliphatic rings. The van der Waals surface area contributed by atoms with Crippen LogP contribution < -0.4 is 11.1 Å². The topological polar surface area (TPSA) is 90.0 Å². The molecule has 2 amide bonds. The Morgan fingerprint density at radius 3 is 2.63 bits per heavy atom. The molecule has 30 heavy (non-hydrogen) atoms. The van der Waals surface area contributed by atoms with Gasteiger partial charge >= 0.3 is 0 Å². The van der Waals surface area contributed by atoms with Crippen molar-refractivity contribution in [2.24, 2.45) is 5.73 Å². The van der Waals surface area contributed by atoms with Crippen LogP contribution in [0.5, 0.6) is 0 Å². The molecule has 2 heterocycles. The molecule has 0 saturated heterocycles. The summed E-state index contributed by atoms with van der Waals surface area (Å²) in [6, 6.07) is 9.97. The Bertz CT molecular complexity index is 1100. The lowest BCUT2D eigenvalue weighted by Crippen LogP contribution is -2.18. The van der Waals surface area contributed by atoms with Gasteiger partial charge in [0.05, 0.1) is 16.9 Å². The van der Waals surface area contributed by atoms with E-state index in [-0.39, 0.29) is 5.91 Å². The van der Waals surface area contributed by atoms with E-state index in [1.54, 1.807) is 0 Å². The van der Waals surface area contributed by atoms with Crippen LogP contribution in [0.25, 0.3) is 5.69 Å². The second-order valence-electron chi connectivity index (χ2n) is 7.72. The maximum Gasteiger partial charge on any atom is 0.251 e. The van der Waals surface area contributed by atoms with E-state index < -0.39 is 5.91 Å². The normalized spacial score (nSPS) is 13.1. The molecule has 1 aliphatic carbocycles. The van der Waals surface area contributed by atoms with Gasteiger partial charge in [0.15, 0.2) is 0 Å². The number of aromatic nitrogens is 2. The van der Waals surface area contributed by atoms with Gasteiger partial charge in [-0.2, -0.15) is 5.10 Å². The van der Waals surface area contributed by atoms with Crippen molar-refractivity contribution in [2.75, 3.05) is 5.32 Å². The van der Waals surface area contributed by atoms with E-state index in [1.807, 2.05) is 48.9 Å². The largest absolute Gasteiger partial charge is 0.365 e. The first kappa shape index (κ1) is 20.3. The van der Waals surface area contributed by atoms with E-state index in [1.165, 1.54) is 16.2 Å². The average Bonchev–Trinajstić information content (AvgIpc) is 3.23. The highest BCUT2D eigenvalue weighted by molar-refractivity contribution is 7.17. The van der Waals surface area contributed by atoms with Crippen molar-refractivity contribution in [3.8, 4) is 5.69 Å². The summed E-state index contributed by atoms with van der Waals surface area (Å²) < 4.78 is 1.92. The van der Waals surface area contributed by atoms with Gasteiger partial charge in [0.25, 0.3) is 5.91 Å². The van der Waals surface area contributed by atoms with Gasteiger partial charge in [-0.1, -0.05) is 18.2 Å². The zero-order chi connectivity index (χ0) is 21.3. The Balaban J connectivity index is 1.48. The van der Waals surface area contributed by atoms with Crippen molar-refractivity contribution in [3.63, 3.8) is 0 Å². The van der Waals surface area contributed by atoms with Crippen LogP contribution in [0.1, 0.15) is 57.0 Å². The lowest BCUT2D eigenvalue weighted by molar-refractivity contribution is -0.116. The lowest BCUT2D eigenvalue weighted by Gasteiger charge is -2.11. The number of anilines is 1. The number of fused-ring (bicyclic) bond motifs is 1. The number of primary amides is 1. The summed E-state index contributed by atoms with van der Waals surface area (Å²) in [4.78, 5) is 25.9. The van der Waals surface area contributed by atoms with Crippen molar-refractivity contribution in [1.82, 2.24) is 9.78 Å². The van der Waals surface area contributed by atoms with Gasteiger partial charge in [-0.25, -0.2) is 4.68 Å². The number of hydrogen-bond acceptors (Lipinski definition) is 4. The molecule has 7 heteroatoms. The SMILES string of the molecule is Cc1nn(-c2ccccc2)c(C)c1CCC(=O)Nc1sc2c(c1C(N)=O)CCCC2. The number of benzene rings is 1. The van der Waals surface area contributed by atoms with Crippen LogP contribution in [-0.4, -0.2) is 21.6 Å². The maximum atomic E-state index is 12.7. The predicted octanol–water partition coefficient (Wildman–Crippen LogP) is 4.10. The van der Waals surface area contributed by atoms with Gasteiger partial charge in [0.1, 0.15) is 5.00 Å². The summed E-state index contributed by atoms with van der Waals surface area (Å²) in [5.74, 6) is -0.567. The summed E-state index contributed by atoms with van der Waals surface area (Å²) in [6.07, 6.45) is 4.89. The molecular formula is C23H26N4O2S. The van der Waals surface area contributed by atoms with Crippen LogP contribution in [0.3, 0.4) is 0 Å². The first-order valence-electron chi connectivity index (χ1n) is 10.3. The number of carbonyl (C=O) groups excluding carboxylic acids is 2. The Labute approximate surface area is 180 Å². The summed E-state index contributed by atoms with van der Waals surface area (Å²) in [7, 11) is 0. The highest BCUT2D eigenvalue weighted by Crippen LogP contribution is 2.38. The number of para-hydroxylation sites is 1. The molecular weight excluding hydrogens is 396 g/mol. The lowest BCUT2D eigenvalue weighted by atomic mass is 9.95. The number of thiophene rings is 1. The number of nitrogens with zero attached hydrogens (tertiary/aromatic N) is 2. The van der Waals surface area contributed by atoms with Crippen LogP contribution in [-0.2, 0) is 24.1 Å². The molecule has 0 fully saturated rings. The number of nitrogens with two attached hydrogens (primary N) is 1. The summed E-state index contributed by atoms with van der Waals surface area (Å²) in [5.41, 5.74) is 11.2. The van der Waals surface area contributed by atoms with Crippen LogP contribution >= 0.6 is 11.3 Å². The summed E-state index contributed by atoms with van der Waals surface area (Å²) >= 11 is 1.50. The third kappa shape index (κ3) is 3.89. The van der Waals surface area contributed by atoms with Gasteiger partial charge in [-0.3, -0.25) is 9.59 Å². The van der Waals surface area contributed by atoms with E-state index in [9.17, 15) is 9.59 Å². The van der Waals surface area contributed by atoms with E-state index >= 15 is 0 Å². The zero-order valence-corrected chi connectivity index (χ0v) is 18.1. The fourth-order valence-corrected chi connectivity index (χ4v) is 5.51. The minimum Gasteiger partial charge on any atom is -0.365 e.